The molecule has 2 heterocycles. The average molecular weight is 346 g/mol. The zero-order valence-corrected chi connectivity index (χ0v) is 14.6. The lowest BCUT2D eigenvalue weighted by atomic mass is 10.1. The van der Waals surface area contributed by atoms with Crippen molar-refractivity contribution in [3.63, 3.8) is 0 Å². The lowest BCUT2D eigenvalue weighted by Gasteiger charge is -2.20. The average Bonchev–Trinajstić information content (AvgIpc) is 3.17. The fourth-order valence-electron chi connectivity index (χ4n) is 3.20. The summed E-state index contributed by atoms with van der Waals surface area (Å²) in [5, 5.41) is 4.17. The van der Waals surface area contributed by atoms with Crippen LogP contribution in [0.4, 0.5) is 11.4 Å². The van der Waals surface area contributed by atoms with Crippen LogP contribution in [0.15, 0.2) is 60.9 Å². The van der Waals surface area contributed by atoms with Crippen molar-refractivity contribution in [1.82, 2.24) is 9.78 Å². The third-order valence-electron chi connectivity index (χ3n) is 4.52. The molecule has 0 fully saturated rings. The fourth-order valence-corrected chi connectivity index (χ4v) is 3.20. The second-order valence-electron chi connectivity index (χ2n) is 6.39. The molecule has 6 heteroatoms. The molecule has 1 aromatic heterocycles. The number of carbonyl (C=O) groups is 2. The SMILES string of the molecule is CN(Cc1cnn(C)c1)c1ccc(N2C(=O)c3ccccc3C2=O)cc1. The normalized spacial score (nSPS) is 13.2. The smallest absolute Gasteiger partial charge is 0.266 e. The molecule has 3 aromatic rings. The largest absolute Gasteiger partial charge is 0.370 e. The number of carbonyl (C=O) groups excluding carboxylic acids is 2. The molecule has 1 aliphatic heterocycles. The number of anilines is 2. The summed E-state index contributed by atoms with van der Waals surface area (Å²) in [4.78, 5) is 28.4. The van der Waals surface area contributed by atoms with Gasteiger partial charge < -0.3 is 4.90 Å². The first-order chi connectivity index (χ1) is 12.5. The number of benzene rings is 2. The van der Waals surface area contributed by atoms with Gasteiger partial charge in [-0.1, -0.05) is 12.1 Å². The van der Waals surface area contributed by atoms with Crippen molar-refractivity contribution in [1.29, 1.82) is 0 Å². The Morgan fingerprint density at radius 2 is 1.58 bits per heavy atom. The lowest BCUT2D eigenvalue weighted by molar-refractivity contribution is 0.0926. The summed E-state index contributed by atoms with van der Waals surface area (Å²) in [6, 6.07) is 14.3. The first-order valence-electron chi connectivity index (χ1n) is 8.31. The van der Waals surface area contributed by atoms with Gasteiger partial charge in [0.2, 0.25) is 0 Å². The minimum atomic E-state index is -0.276. The minimum absolute atomic E-state index is 0.276. The maximum Gasteiger partial charge on any atom is 0.266 e. The van der Waals surface area contributed by atoms with Crippen LogP contribution < -0.4 is 9.80 Å². The Kier molecular flexibility index (Phi) is 3.80. The molecule has 6 nitrogen and oxygen atoms in total. The molecule has 1 aliphatic rings. The van der Waals surface area contributed by atoms with Crippen LogP contribution in [0, 0.1) is 0 Å². The van der Waals surface area contributed by atoms with Gasteiger partial charge in [-0.2, -0.15) is 5.10 Å². The third kappa shape index (κ3) is 2.65. The molecule has 0 atom stereocenters. The Hall–Kier alpha value is -3.41. The topological polar surface area (TPSA) is 58.4 Å². The highest BCUT2D eigenvalue weighted by atomic mass is 16.2. The number of hydrogen-bond acceptors (Lipinski definition) is 4. The molecule has 0 bridgehead atoms. The van der Waals surface area contributed by atoms with Gasteiger partial charge in [0, 0.05) is 38.1 Å². The number of rotatable bonds is 4. The van der Waals surface area contributed by atoms with Gasteiger partial charge in [0.15, 0.2) is 0 Å². The zero-order valence-electron chi connectivity index (χ0n) is 14.6. The Balaban J connectivity index is 1.55. The number of nitrogens with zero attached hydrogens (tertiary/aromatic N) is 4. The van der Waals surface area contributed by atoms with E-state index in [-0.39, 0.29) is 11.8 Å². The summed E-state index contributed by atoms with van der Waals surface area (Å²) in [7, 11) is 3.88. The number of aromatic nitrogens is 2. The highest BCUT2D eigenvalue weighted by Crippen LogP contribution is 2.29. The van der Waals surface area contributed by atoms with E-state index in [9.17, 15) is 9.59 Å². The second kappa shape index (κ2) is 6.15. The standard InChI is InChI=1S/C20H18N4O2/c1-22(12-14-11-21-23(2)13-14)15-7-9-16(10-8-15)24-19(25)17-5-3-4-6-18(17)20(24)26/h3-11,13H,12H2,1-2H3. The predicted molar refractivity (Wildman–Crippen MR) is 99.3 cm³/mol. The molecule has 0 radical (unpaired) electrons. The van der Waals surface area contributed by atoms with E-state index in [1.165, 1.54) is 4.90 Å². The number of hydrogen-bond donors (Lipinski definition) is 0. The van der Waals surface area contributed by atoms with Crippen LogP contribution in [-0.4, -0.2) is 28.6 Å². The van der Waals surface area contributed by atoms with Crippen molar-refractivity contribution >= 4 is 23.2 Å². The first kappa shape index (κ1) is 16.1. The summed E-state index contributed by atoms with van der Waals surface area (Å²) >= 11 is 0. The van der Waals surface area contributed by atoms with Gasteiger partial charge in [0.05, 0.1) is 23.0 Å². The quantitative estimate of drug-likeness (QED) is 0.682. The molecule has 2 amide bonds. The van der Waals surface area contributed by atoms with E-state index in [2.05, 4.69) is 10.00 Å². The van der Waals surface area contributed by atoms with Crippen molar-refractivity contribution < 1.29 is 9.59 Å². The molecule has 0 unspecified atom stereocenters. The zero-order chi connectivity index (χ0) is 18.3. The van der Waals surface area contributed by atoms with Crippen molar-refractivity contribution in [2.75, 3.05) is 16.8 Å². The van der Waals surface area contributed by atoms with E-state index in [4.69, 9.17) is 0 Å². The Morgan fingerprint density at radius 3 is 2.12 bits per heavy atom. The van der Waals surface area contributed by atoms with Crippen LogP contribution in [0.25, 0.3) is 0 Å². The van der Waals surface area contributed by atoms with Crippen LogP contribution in [0.2, 0.25) is 0 Å². The molecular formula is C20H18N4O2. The molecule has 4 rings (SSSR count). The van der Waals surface area contributed by atoms with Gasteiger partial charge in [-0.3, -0.25) is 14.3 Å². The third-order valence-corrected chi connectivity index (χ3v) is 4.52. The van der Waals surface area contributed by atoms with Crippen LogP contribution in [-0.2, 0) is 13.6 Å². The number of fused-ring (bicyclic) bond motifs is 1. The molecule has 0 saturated carbocycles. The van der Waals surface area contributed by atoms with Crippen molar-refractivity contribution in [3.05, 3.63) is 77.6 Å². The van der Waals surface area contributed by atoms with Crippen molar-refractivity contribution in [2.45, 2.75) is 6.54 Å². The molecule has 2 aromatic carbocycles. The number of amides is 2. The van der Waals surface area contributed by atoms with E-state index >= 15 is 0 Å². The van der Waals surface area contributed by atoms with E-state index in [1.54, 1.807) is 41.1 Å². The van der Waals surface area contributed by atoms with Gasteiger partial charge >= 0.3 is 0 Å². The lowest BCUT2D eigenvalue weighted by Crippen LogP contribution is -2.29. The summed E-state index contributed by atoms with van der Waals surface area (Å²) in [6.07, 6.45) is 3.81. The van der Waals surface area contributed by atoms with E-state index in [0.717, 1.165) is 17.8 Å². The molecule has 0 N–H and O–H groups in total. The van der Waals surface area contributed by atoms with Crippen LogP contribution in [0.1, 0.15) is 26.3 Å². The second-order valence-corrected chi connectivity index (χ2v) is 6.39. The molecule has 0 saturated heterocycles. The van der Waals surface area contributed by atoms with E-state index in [1.807, 2.05) is 38.6 Å². The maximum atomic E-state index is 12.6. The minimum Gasteiger partial charge on any atom is -0.370 e. The summed E-state index contributed by atoms with van der Waals surface area (Å²) in [5.41, 5.74) is 3.59. The summed E-state index contributed by atoms with van der Waals surface area (Å²) < 4.78 is 1.77. The highest BCUT2D eigenvalue weighted by Gasteiger charge is 2.36. The Labute approximate surface area is 151 Å². The molecule has 26 heavy (non-hydrogen) atoms. The van der Waals surface area contributed by atoms with Gasteiger partial charge in [0.25, 0.3) is 11.8 Å². The summed E-state index contributed by atoms with van der Waals surface area (Å²) in [5.74, 6) is -0.552. The predicted octanol–water partition coefficient (Wildman–Crippen LogP) is 2.86. The monoisotopic (exact) mass is 346 g/mol. The van der Waals surface area contributed by atoms with Gasteiger partial charge in [-0.25, -0.2) is 4.90 Å². The number of aryl methyl sites for hydroxylation is 1. The van der Waals surface area contributed by atoms with E-state index < -0.39 is 0 Å². The Morgan fingerprint density at radius 1 is 0.962 bits per heavy atom. The van der Waals surface area contributed by atoms with Gasteiger partial charge in [-0.15, -0.1) is 0 Å². The molecule has 0 spiro atoms. The van der Waals surface area contributed by atoms with Crippen LogP contribution >= 0.6 is 0 Å². The molecule has 0 aliphatic carbocycles. The maximum absolute atomic E-state index is 12.6. The van der Waals surface area contributed by atoms with Crippen LogP contribution in [0.5, 0.6) is 0 Å². The number of imide groups is 1. The van der Waals surface area contributed by atoms with Gasteiger partial charge in [-0.05, 0) is 36.4 Å². The highest BCUT2D eigenvalue weighted by molar-refractivity contribution is 6.34. The Bertz CT molecular complexity index is 956. The first-order valence-corrected chi connectivity index (χ1v) is 8.31. The van der Waals surface area contributed by atoms with Gasteiger partial charge in [0.1, 0.15) is 0 Å². The fraction of sp³-hybridized carbons (Fsp3) is 0.150. The molecular weight excluding hydrogens is 328 g/mol. The van der Waals surface area contributed by atoms with Crippen molar-refractivity contribution in [3.8, 4) is 0 Å². The van der Waals surface area contributed by atoms with Crippen molar-refractivity contribution in [2.24, 2.45) is 7.05 Å². The molecule has 130 valence electrons. The van der Waals surface area contributed by atoms with E-state index in [0.29, 0.717) is 16.8 Å². The van der Waals surface area contributed by atoms with Crippen LogP contribution in [0.3, 0.4) is 0 Å². The summed E-state index contributed by atoms with van der Waals surface area (Å²) in [6.45, 7) is 0.722.